The molecule has 2 heterocycles. The largest absolute Gasteiger partial charge is 0.374 e. The van der Waals surface area contributed by atoms with Gasteiger partial charge in [0.1, 0.15) is 0 Å². The minimum atomic E-state index is 0.164. The highest BCUT2D eigenvalue weighted by atomic mass is 16.5. The summed E-state index contributed by atoms with van der Waals surface area (Å²) in [6.07, 6.45) is 1.98. The van der Waals surface area contributed by atoms with Crippen molar-refractivity contribution < 1.29 is 9.47 Å². The molecule has 19 heavy (non-hydrogen) atoms. The molecule has 0 spiro atoms. The molecule has 1 N–H and O–H groups in total. The first-order valence-electron chi connectivity index (χ1n) is 6.66. The van der Waals surface area contributed by atoms with Crippen LogP contribution in [0.5, 0.6) is 0 Å². The van der Waals surface area contributed by atoms with Crippen LogP contribution >= 0.6 is 0 Å². The van der Waals surface area contributed by atoms with Gasteiger partial charge >= 0.3 is 0 Å². The molecule has 4 heteroatoms. The molecule has 0 aliphatic carbocycles. The topological polar surface area (TPSA) is 43.4 Å². The lowest BCUT2D eigenvalue weighted by Gasteiger charge is -2.23. The molecule has 100 valence electrons. The second-order valence-corrected chi connectivity index (χ2v) is 4.70. The van der Waals surface area contributed by atoms with E-state index in [0.717, 1.165) is 36.2 Å². The van der Waals surface area contributed by atoms with Gasteiger partial charge in [-0.2, -0.15) is 0 Å². The summed E-state index contributed by atoms with van der Waals surface area (Å²) in [5, 5.41) is 4.45. The first-order valence-corrected chi connectivity index (χ1v) is 6.66. The maximum absolute atomic E-state index is 5.76. The predicted molar refractivity (Wildman–Crippen MR) is 74.0 cm³/mol. The molecular formula is C15H18N2O2. The monoisotopic (exact) mass is 258 g/mol. The number of nitrogens with zero attached hydrogens (tertiary/aromatic N) is 1. The fourth-order valence-corrected chi connectivity index (χ4v) is 2.31. The van der Waals surface area contributed by atoms with Crippen LogP contribution in [-0.2, 0) is 16.1 Å². The van der Waals surface area contributed by atoms with Crippen molar-refractivity contribution >= 4 is 10.9 Å². The maximum atomic E-state index is 5.76. The number of nitrogens with one attached hydrogen (secondary N) is 1. The molecule has 0 radical (unpaired) electrons. The molecule has 1 fully saturated rings. The van der Waals surface area contributed by atoms with Crippen LogP contribution in [0, 0.1) is 0 Å². The van der Waals surface area contributed by atoms with Gasteiger partial charge in [0, 0.05) is 30.2 Å². The van der Waals surface area contributed by atoms with Crippen LogP contribution in [0.15, 0.2) is 36.5 Å². The summed E-state index contributed by atoms with van der Waals surface area (Å²) in [6.45, 7) is 3.77. The second-order valence-electron chi connectivity index (χ2n) is 4.70. The number of benzene rings is 1. The summed E-state index contributed by atoms with van der Waals surface area (Å²) >= 11 is 0. The summed E-state index contributed by atoms with van der Waals surface area (Å²) in [5.41, 5.74) is 2.15. The van der Waals surface area contributed by atoms with Gasteiger partial charge in [0.2, 0.25) is 0 Å². The van der Waals surface area contributed by atoms with Gasteiger partial charge in [-0.05, 0) is 6.07 Å². The van der Waals surface area contributed by atoms with E-state index in [2.05, 4.69) is 28.5 Å². The molecular weight excluding hydrogens is 240 g/mol. The summed E-state index contributed by atoms with van der Waals surface area (Å²) in [7, 11) is 0. The highest BCUT2D eigenvalue weighted by Crippen LogP contribution is 2.16. The van der Waals surface area contributed by atoms with Crippen molar-refractivity contribution in [2.75, 3.05) is 26.3 Å². The van der Waals surface area contributed by atoms with Crippen LogP contribution in [-0.4, -0.2) is 37.4 Å². The zero-order valence-electron chi connectivity index (χ0n) is 10.8. The van der Waals surface area contributed by atoms with Crippen molar-refractivity contribution in [1.82, 2.24) is 10.3 Å². The number of para-hydroxylation sites is 1. The van der Waals surface area contributed by atoms with E-state index >= 15 is 0 Å². The first kappa shape index (κ1) is 12.5. The summed E-state index contributed by atoms with van der Waals surface area (Å²) in [4.78, 5) is 4.42. The Bertz CT molecular complexity index is 533. The highest BCUT2D eigenvalue weighted by Gasteiger charge is 2.13. The van der Waals surface area contributed by atoms with Crippen LogP contribution < -0.4 is 5.32 Å². The molecule has 1 unspecified atom stereocenters. The van der Waals surface area contributed by atoms with Gasteiger partial charge in [0.05, 0.1) is 31.4 Å². The Morgan fingerprint density at radius 2 is 2.26 bits per heavy atom. The van der Waals surface area contributed by atoms with Gasteiger partial charge in [-0.15, -0.1) is 0 Å². The normalized spacial score (nSPS) is 19.7. The van der Waals surface area contributed by atoms with E-state index in [1.54, 1.807) is 0 Å². The standard InChI is InChI=1S/C15H18N2O2/c1-3-12-5-2-6-17-15(12)13(4-1)10-18-11-14-9-16-7-8-19-14/h1-6,14,16H,7-11H2. The van der Waals surface area contributed by atoms with E-state index < -0.39 is 0 Å². The van der Waals surface area contributed by atoms with Crippen LogP contribution in [0.25, 0.3) is 10.9 Å². The molecule has 1 aromatic carbocycles. The second kappa shape index (κ2) is 6.10. The van der Waals surface area contributed by atoms with Crippen molar-refractivity contribution in [2.45, 2.75) is 12.7 Å². The molecule has 1 aliphatic heterocycles. The van der Waals surface area contributed by atoms with Crippen LogP contribution in [0.3, 0.4) is 0 Å². The molecule has 0 saturated carbocycles. The first-order chi connectivity index (χ1) is 9.43. The van der Waals surface area contributed by atoms with Crippen molar-refractivity contribution in [3.05, 3.63) is 42.1 Å². The fraction of sp³-hybridized carbons (Fsp3) is 0.400. The molecule has 1 saturated heterocycles. The summed E-state index contributed by atoms with van der Waals surface area (Å²) in [6, 6.07) is 10.2. The summed E-state index contributed by atoms with van der Waals surface area (Å²) in [5.74, 6) is 0. The van der Waals surface area contributed by atoms with E-state index in [1.165, 1.54) is 0 Å². The number of rotatable bonds is 4. The average Bonchev–Trinajstić information content (AvgIpc) is 2.49. The SMILES string of the molecule is c1cnc2c(COCC3CNCCO3)cccc2c1. The summed E-state index contributed by atoms with van der Waals surface area (Å²) < 4.78 is 11.4. The number of fused-ring (bicyclic) bond motifs is 1. The van der Waals surface area contributed by atoms with Gasteiger partial charge in [-0.1, -0.05) is 24.3 Å². The van der Waals surface area contributed by atoms with Crippen LogP contribution in [0.2, 0.25) is 0 Å². The van der Waals surface area contributed by atoms with Crippen molar-refractivity contribution in [1.29, 1.82) is 0 Å². The molecule has 0 bridgehead atoms. The lowest BCUT2D eigenvalue weighted by atomic mass is 10.1. The van der Waals surface area contributed by atoms with Gasteiger partial charge in [-0.3, -0.25) is 4.98 Å². The maximum Gasteiger partial charge on any atom is 0.0933 e. The fourth-order valence-electron chi connectivity index (χ4n) is 2.31. The number of hydrogen-bond donors (Lipinski definition) is 1. The Labute approximate surface area is 112 Å². The predicted octanol–water partition coefficient (Wildman–Crippen LogP) is 1.74. The Morgan fingerprint density at radius 1 is 1.32 bits per heavy atom. The number of hydrogen-bond acceptors (Lipinski definition) is 4. The zero-order chi connectivity index (χ0) is 12.9. The van der Waals surface area contributed by atoms with Crippen molar-refractivity contribution in [3.8, 4) is 0 Å². The third kappa shape index (κ3) is 3.10. The van der Waals surface area contributed by atoms with E-state index in [4.69, 9.17) is 9.47 Å². The Morgan fingerprint density at radius 3 is 3.16 bits per heavy atom. The van der Waals surface area contributed by atoms with Crippen LogP contribution in [0.1, 0.15) is 5.56 Å². The smallest absolute Gasteiger partial charge is 0.0933 e. The molecule has 0 amide bonds. The number of ether oxygens (including phenoxy) is 2. The molecule has 1 aromatic heterocycles. The van der Waals surface area contributed by atoms with Gasteiger partial charge in [0.15, 0.2) is 0 Å². The lowest BCUT2D eigenvalue weighted by molar-refractivity contribution is -0.0355. The molecule has 2 aromatic rings. The number of morpholine rings is 1. The van der Waals surface area contributed by atoms with Crippen LogP contribution in [0.4, 0.5) is 0 Å². The molecule has 4 nitrogen and oxygen atoms in total. The minimum Gasteiger partial charge on any atom is -0.374 e. The van der Waals surface area contributed by atoms with E-state index in [1.807, 2.05) is 18.3 Å². The van der Waals surface area contributed by atoms with Gasteiger partial charge in [0.25, 0.3) is 0 Å². The Hall–Kier alpha value is -1.49. The van der Waals surface area contributed by atoms with E-state index in [-0.39, 0.29) is 6.10 Å². The average molecular weight is 258 g/mol. The lowest BCUT2D eigenvalue weighted by Crippen LogP contribution is -2.40. The van der Waals surface area contributed by atoms with Crippen molar-refractivity contribution in [2.24, 2.45) is 0 Å². The molecule has 3 rings (SSSR count). The van der Waals surface area contributed by atoms with E-state index in [0.29, 0.717) is 13.2 Å². The van der Waals surface area contributed by atoms with Crippen molar-refractivity contribution in [3.63, 3.8) is 0 Å². The quantitative estimate of drug-likeness (QED) is 0.907. The molecule has 1 aliphatic rings. The minimum absolute atomic E-state index is 0.164. The third-order valence-corrected chi connectivity index (χ3v) is 3.28. The highest BCUT2D eigenvalue weighted by molar-refractivity contribution is 5.81. The van der Waals surface area contributed by atoms with Gasteiger partial charge in [-0.25, -0.2) is 0 Å². The number of aromatic nitrogens is 1. The molecule has 1 atom stereocenters. The third-order valence-electron chi connectivity index (χ3n) is 3.28. The zero-order valence-corrected chi connectivity index (χ0v) is 10.8. The number of pyridine rings is 1. The Kier molecular flexibility index (Phi) is 4.03. The van der Waals surface area contributed by atoms with Gasteiger partial charge < -0.3 is 14.8 Å². The Balaban J connectivity index is 1.62. The van der Waals surface area contributed by atoms with E-state index in [9.17, 15) is 0 Å².